The van der Waals surface area contributed by atoms with Crippen LogP contribution >= 0.6 is 0 Å². The summed E-state index contributed by atoms with van der Waals surface area (Å²) in [6, 6.07) is 0. The Morgan fingerprint density at radius 3 is 2.45 bits per heavy atom. The molecule has 0 aromatic rings. The second kappa shape index (κ2) is 6.12. The van der Waals surface area contributed by atoms with Crippen LogP contribution < -0.4 is 0 Å². The minimum Gasteiger partial charge on any atom is -0.481 e. The van der Waals surface area contributed by atoms with Gasteiger partial charge in [0.1, 0.15) is 0 Å². The molecule has 0 radical (unpaired) electrons. The molecule has 0 aromatic carbocycles. The van der Waals surface area contributed by atoms with Gasteiger partial charge in [0.15, 0.2) is 0 Å². The van der Waals surface area contributed by atoms with Crippen molar-refractivity contribution in [2.24, 2.45) is 5.92 Å². The summed E-state index contributed by atoms with van der Waals surface area (Å²) in [5.74, 6) is -0.873. The summed E-state index contributed by atoms with van der Waals surface area (Å²) in [5, 5.41) is 9.21. The Labute approximate surface area is 120 Å². The van der Waals surface area contributed by atoms with Crippen LogP contribution in [0.3, 0.4) is 0 Å². The topological polar surface area (TPSA) is 66.8 Å². The van der Waals surface area contributed by atoms with Crippen molar-refractivity contribution in [1.82, 2.24) is 4.90 Å². The highest BCUT2D eigenvalue weighted by Gasteiger charge is 2.43. The molecule has 0 aromatic heterocycles. The number of carbonyl (C=O) groups is 2. The van der Waals surface area contributed by atoms with Crippen molar-refractivity contribution in [1.29, 1.82) is 0 Å². The average molecular weight is 283 g/mol. The summed E-state index contributed by atoms with van der Waals surface area (Å²) < 4.78 is 5.47. The normalized spacial score (nSPS) is 29.1. The number of amides is 1. The number of carboxylic acid groups (broad SMARTS) is 1. The van der Waals surface area contributed by atoms with Gasteiger partial charge in [-0.3, -0.25) is 9.59 Å². The van der Waals surface area contributed by atoms with E-state index in [9.17, 15) is 14.7 Å². The van der Waals surface area contributed by atoms with Crippen molar-refractivity contribution >= 4 is 11.9 Å². The third-order valence-corrected chi connectivity index (χ3v) is 4.85. The van der Waals surface area contributed by atoms with E-state index in [1.54, 1.807) is 11.9 Å². The maximum absolute atomic E-state index is 12.6. The first kappa shape index (κ1) is 15.3. The molecule has 2 unspecified atom stereocenters. The van der Waals surface area contributed by atoms with Gasteiger partial charge in [-0.1, -0.05) is 19.3 Å². The minimum atomic E-state index is -0.817. The van der Waals surface area contributed by atoms with Gasteiger partial charge in [-0.25, -0.2) is 0 Å². The van der Waals surface area contributed by atoms with E-state index in [4.69, 9.17) is 4.74 Å². The molecule has 1 saturated heterocycles. The van der Waals surface area contributed by atoms with Gasteiger partial charge in [-0.2, -0.15) is 0 Å². The number of rotatable bonds is 4. The molecule has 1 saturated carbocycles. The van der Waals surface area contributed by atoms with Crippen LogP contribution in [0.1, 0.15) is 51.9 Å². The molecule has 1 amide bonds. The van der Waals surface area contributed by atoms with E-state index in [2.05, 4.69) is 0 Å². The molecule has 2 rings (SSSR count). The molecule has 1 aliphatic carbocycles. The lowest BCUT2D eigenvalue weighted by molar-refractivity contribution is -0.148. The zero-order valence-electron chi connectivity index (χ0n) is 12.4. The summed E-state index contributed by atoms with van der Waals surface area (Å²) in [5.41, 5.74) is -0.493. The van der Waals surface area contributed by atoms with Crippen molar-refractivity contribution in [3.63, 3.8) is 0 Å². The largest absolute Gasteiger partial charge is 0.481 e. The number of ether oxygens (including phenoxy) is 1. The van der Waals surface area contributed by atoms with E-state index >= 15 is 0 Å². The predicted octanol–water partition coefficient (Wildman–Crippen LogP) is 2.05. The maximum atomic E-state index is 12.6. The zero-order chi connectivity index (χ0) is 14.8. The van der Waals surface area contributed by atoms with Crippen LogP contribution in [0.15, 0.2) is 0 Å². The van der Waals surface area contributed by atoms with Crippen LogP contribution in [-0.2, 0) is 14.3 Å². The van der Waals surface area contributed by atoms with E-state index in [0.29, 0.717) is 6.61 Å². The van der Waals surface area contributed by atoms with Crippen LogP contribution in [0.5, 0.6) is 0 Å². The lowest BCUT2D eigenvalue weighted by Crippen LogP contribution is -2.53. The molecular formula is C15H25NO4. The van der Waals surface area contributed by atoms with Crippen molar-refractivity contribution in [3.05, 3.63) is 0 Å². The molecule has 0 bridgehead atoms. The lowest BCUT2D eigenvalue weighted by atomic mass is 9.77. The van der Waals surface area contributed by atoms with Crippen molar-refractivity contribution in [2.75, 3.05) is 13.7 Å². The molecule has 1 aliphatic heterocycles. The zero-order valence-corrected chi connectivity index (χ0v) is 12.4. The third kappa shape index (κ3) is 3.14. The Balaban J connectivity index is 2.11. The number of carbonyl (C=O) groups excluding carboxylic acids is 1. The van der Waals surface area contributed by atoms with E-state index in [0.717, 1.165) is 38.5 Å². The standard InChI is InChI=1S/C15H25NO4/c1-11-8-12(10-20-11)14(19)16(2)15(9-13(17)18)6-4-3-5-7-15/h11-12H,3-10H2,1-2H3,(H,17,18). The quantitative estimate of drug-likeness (QED) is 0.857. The fourth-order valence-electron chi connectivity index (χ4n) is 3.62. The Hall–Kier alpha value is -1.10. The van der Waals surface area contributed by atoms with E-state index in [-0.39, 0.29) is 24.3 Å². The summed E-state index contributed by atoms with van der Waals surface area (Å²) in [6.07, 6.45) is 5.65. The summed E-state index contributed by atoms with van der Waals surface area (Å²) in [6.45, 7) is 2.44. The second-order valence-electron chi connectivity index (χ2n) is 6.33. The highest BCUT2D eigenvalue weighted by molar-refractivity contribution is 5.81. The molecule has 5 heteroatoms. The molecular weight excluding hydrogens is 258 g/mol. The van der Waals surface area contributed by atoms with E-state index in [1.165, 1.54) is 0 Å². The van der Waals surface area contributed by atoms with Gasteiger partial charge in [0.2, 0.25) is 5.91 Å². The van der Waals surface area contributed by atoms with Crippen LogP contribution in [0.25, 0.3) is 0 Å². The number of carboxylic acids is 1. The minimum absolute atomic E-state index is 0.0532. The summed E-state index contributed by atoms with van der Waals surface area (Å²) in [4.78, 5) is 25.6. The molecule has 0 spiro atoms. The number of aliphatic carboxylic acids is 1. The van der Waals surface area contributed by atoms with Gasteiger partial charge < -0.3 is 14.7 Å². The Kier molecular flexibility index (Phi) is 4.68. The maximum Gasteiger partial charge on any atom is 0.305 e. The van der Waals surface area contributed by atoms with Crippen LogP contribution in [0, 0.1) is 5.92 Å². The van der Waals surface area contributed by atoms with Gasteiger partial charge in [-0.15, -0.1) is 0 Å². The lowest BCUT2D eigenvalue weighted by Gasteiger charge is -2.44. The van der Waals surface area contributed by atoms with Gasteiger partial charge in [0.05, 0.1) is 30.6 Å². The Bertz CT molecular complexity index is 376. The number of hydrogen-bond donors (Lipinski definition) is 1. The van der Waals surface area contributed by atoms with Gasteiger partial charge in [0.25, 0.3) is 0 Å². The second-order valence-corrected chi connectivity index (χ2v) is 6.33. The number of hydrogen-bond acceptors (Lipinski definition) is 3. The van der Waals surface area contributed by atoms with Crippen molar-refractivity contribution in [2.45, 2.75) is 63.5 Å². The molecule has 1 heterocycles. The first-order valence-electron chi connectivity index (χ1n) is 7.56. The molecule has 114 valence electrons. The van der Waals surface area contributed by atoms with Crippen LogP contribution in [-0.4, -0.2) is 47.2 Å². The first-order chi connectivity index (χ1) is 9.44. The van der Waals surface area contributed by atoms with Crippen molar-refractivity contribution in [3.8, 4) is 0 Å². The first-order valence-corrected chi connectivity index (χ1v) is 7.56. The fourth-order valence-corrected chi connectivity index (χ4v) is 3.62. The SMILES string of the molecule is CC1CC(C(=O)N(C)C2(CC(=O)O)CCCCC2)CO1. The smallest absolute Gasteiger partial charge is 0.305 e. The highest BCUT2D eigenvalue weighted by atomic mass is 16.5. The Morgan fingerprint density at radius 1 is 1.30 bits per heavy atom. The van der Waals surface area contributed by atoms with Gasteiger partial charge in [0, 0.05) is 7.05 Å². The Morgan fingerprint density at radius 2 is 1.95 bits per heavy atom. The van der Waals surface area contributed by atoms with Crippen molar-refractivity contribution < 1.29 is 19.4 Å². The molecule has 20 heavy (non-hydrogen) atoms. The average Bonchev–Trinajstić information content (AvgIpc) is 2.84. The molecule has 2 aliphatic rings. The highest BCUT2D eigenvalue weighted by Crippen LogP contribution is 2.37. The van der Waals surface area contributed by atoms with Crippen LogP contribution in [0.4, 0.5) is 0 Å². The van der Waals surface area contributed by atoms with E-state index < -0.39 is 11.5 Å². The third-order valence-electron chi connectivity index (χ3n) is 4.85. The molecule has 2 fully saturated rings. The van der Waals surface area contributed by atoms with Gasteiger partial charge >= 0.3 is 5.97 Å². The van der Waals surface area contributed by atoms with E-state index in [1.807, 2.05) is 6.92 Å². The molecule has 1 N–H and O–H groups in total. The predicted molar refractivity (Wildman–Crippen MR) is 74.4 cm³/mol. The van der Waals surface area contributed by atoms with Crippen LogP contribution in [0.2, 0.25) is 0 Å². The number of nitrogens with zero attached hydrogens (tertiary/aromatic N) is 1. The monoisotopic (exact) mass is 283 g/mol. The fraction of sp³-hybridized carbons (Fsp3) is 0.867. The van der Waals surface area contributed by atoms with Gasteiger partial charge in [-0.05, 0) is 26.2 Å². The summed E-state index contributed by atoms with van der Waals surface area (Å²) >= 11 is 0. The molecule has 5 nitrogen and oxygen atoms in total. The summed E-state index contributed by atoms with van der Waals surface area (Å²) in [7, 11) is 1.78. The molecule has 2 atom stereocenters.